The predicted molar refractivity (Wildman–Crippen MR) is 130 cm³/mol. The summed E-state index contributed by atoms with van der Waals surface area (Å²) in [4.78, 5) is 19.6. The summed E-state index contributed by atoms with van der Waals surface area (Å²) in [6.07, 6.45) is -3.02. The summed E-state index contributed by atoms with van der Waals surface area (Å²) in [5.74, 6) is 2.59. The van der Waals surface area contributed by atoms with Crippen LogP contribution in [0, 0.1) is 6.92 Å². The van der Waals surface area contributed by atoms with E-state index in [1.165, 1.54) is 35.8 Å². The van der Waals surface area contributed by atoms with Crippen LogP contribution in [0.2, 0.25) is 0 Å². The number of thiazole rings is 1. The maximum absolute atomic E-state index is 12.6. The lowest BCUT2D eigenvalue weighted by molar-refractivity contribution is -0.274. The Labute approximate surface area is 200 Å². The lowest BCUT2D eigenvalue weighted by Crippen LogP contribution is -2.30. The molecule has 3 rings (SSSR count). The largest absolute Gasteiger partial charge is 0.573 e. The number of aromatic nitrogens is 1. The number of halogens is 3. The van der Waals surface area contributed by atoms with Crippen LogP contribution in [0.1, 0.15) is 26.5 Å². The molecule has 6 nitrogen and oxygen atoms in total. The molecule has 0 spiro atoms. The summed E-state index contributed by atoms with van der Waals surface area (Å²) in [5.41, 5.74) is 1.83. The van der Waals surface area contributed by atoms with Crippen LogP contribution in [0.4, 0.5) is 18.3 Å². The van der Waals surface area contributed by atoms with E-state index in [1.54, 1.807) is 13.0 Å². The average Bonchev–Trinajstić information content (AvgIpc) is 3.11. The summed E-state index contributed by atoms with van der Waals surface area (Å²) in [5, 5.41) is 0.570. The topological polar surface area (TPSA) is 71.5 Å². The number of amides is 1. The number of aryl methyl sites for hydroxylation is 1. The van der Waals surface area contributed by atoms with E-state index < -0.39 is 22.0 Å². The highest BCUT2D eigenvalue weighted by Crippen LogP contribution is 2.28. The molecule has 1 aromatic heterocycles. The first-order valence-corrected chi connectivity index (χ1v) is 13.1. The lowest BCUT2D eigenvalue weighted by atomic mass is 10.1. The molecule has 0 aliphatic carbocycles. The van der Waals surface area contributed by atoms with E-state index in [0.717, 1.165) is 5.56 Å². The van der Waals surface area contributed by atoms with Gasteiger partial charge in [0.2, 0.25) is 0 Å². The zero-order valence-corrected chi connectivity index (χ0v) is 20.2. The number of hydrogen-bond donors (Lipinski definition) is 1. The summed E-state index contributed by atoms with van der Waals surface area (Å²) in [6, 6.07) is 15.5. The Hall–Kier alpha value is -3.05. The maximum Gasteiger partial charge on any atom is 0.573 e. The first-order valence-electron chi connectivity index (χ1n) is 10.1. The number of alkyl halides is 3. The van der Waals surface area contributed by atoms with Gasteiger partial charge in [0.25, 0.3) is 5.91 Å². The number of ether oxygens (including phenoxy) is 1. The number of nitrogens with one attached hydrogen (secondary N) is 1. The minimum absolute atomic E-state index is 0.164. The Morgan fingerprint density at radius 2 is 1.85 bits per heavy atom. The highest BCUT2D eigenvalue weighted by atomic mass is 32.2. The molecular weight excluding hydrogens is 487 g/mol. The number of hydrogen-bond acceptors (Lipinski definition) is 6. The number of rotatable bonds is 9. The molecule has 0 saturated carbocycles. The Bertz CT molecular complexity index is 1240. The van der Waals surface area contributed by atoms with Crippen molar-refractivity contribution in [1.29, 1.82) is 0 Å². The van der Waals surface area contributed by atoms with Crippen LogP contribution in [0.5, 0.6) is 5.75 Å². The Balaban J connectivity index is 1.83. The van der Waals surface area contributed by atoms with Gasteiger partial charge in [-0.25, -0.2) is 9.19 Å². The highest BCUT2D eigenvalue weighted by molar-refractivity contribution is 7.98. The van der Waals surface area contributed by atoms with E-state index in [1.807, 2.05) is 35.2 Å². The van der Waals surface area contributed by atoms with Gasteiger partial charge in [-0.05, 0) is 42.5 Å². The first-order chi connectivity index (χ1) is 15.9. The summed E-state index contributed by atoms with van der Waals surface area (Å²) < 4.78 is 56.0. The van der Waals surface area contributed by atoms with Crippen molar-refractivity contribution in [3.63, 3.8) is 0 Å². The molecule has 0 aliphatic rings. The van der Waals surface area contributed by atoms with Crippen molar-refractivity contribution in [1.82, 2.24) is 9.71 Å². The maximum atomic E-state index is 12.6. The molecule has 0 fully saturated rings. The Kier molecular flexibility index (Phi) is 7.88. The summed E-state index contributed by atoms with van der Waals surface area (Å²) in [7, 11) is -2.75. The molecule has 1 atom stereocenters. The average molecular weight is 512 g/mol. The van der Waals surface area contributed by atoms with Gasteiger partial charge >= 0.3 is 6.36 Å². The smallest absolute Gasteiger partial charge is 0.406 e. The third-order valence-electron chi connectivity index (χ3n) is 4.60. The molecule has 1 N–H and O–H groups in total. The zero-order valence-electron chi connectivity index (χ0n) is 18.6. The van der Waals surface area contributed by atoms with E-state index in [2.05, 4.69) is 20.3 Å². The van der Waals surface area contributed by atoms with Crippen LogP contribution in [-0.4, -0.2) is 40.1 Å². The van der Waals surface area contributed by atoms with Gasteiger partial charge in [0.1, 0.15) is 11.4 Å². The van der Waals surface area contributed by atoms with Crippen molar-refractivity contribution >= 4 is 38.0 Å². The third kappa shape index (κ3) is 7.77. The van der Waals surface area contributed by atoms with Crippen molar-refractivity contribution in [2.24, 2.45) is 0 Å². The van der Waals surface area contributed by atoms with Crippen molar-refractivity contribution < 1.29 is 26.9 Å². The second-order valence-electron chi connectivity index (χ2n) is 7.69. The quantitative estimate of drug-likeness (QED) is 0.426. The van der Waals surface area contributed by atoms with Gasteiger partial charge in [0, 0.05) is 33.9 Å². The molecule has 1 heterocycles. The van der Waals surface area contributed by atoms with Crippen LogP contribution in [0.3, 0.4) is 0 Å². The normalized spacial score (nSPS) is 13.2. The van der Waals surface area contributed by atoms with Gasteiger partial charge in [0.15, 0.2) is 5.13 Å². The van der Waals surface area contributed by atoms with Crippen molar-refractivity contribution in [3.8, 4) is 5.75 Å². The summed E-state index contributed by atoms with van der Waals surface area (Å²) >= 11 is 1.31. The molecule has 182 valence electrons. The third-order valence-corrected chi connectivity index (χ3v) is 6.25. The van der Waals surface area contributed by atoms with Gasteiger partial charge in [-0.3, -0.25) is 9.52 Å². The van der Waals surface area contributed by atoms with Crippen LogP contribution in [0.15, 0.2) is 54.6 Å². The van der Waals surface area contributed by atoms with Gasteiger partial charge in [-0.15, -0.1) is 24.5 Å². The molecule has 0 saturated heterocycles. The molecule has 34 heavy (non-hydrogen) atoms. The molecule has 1 amide bonds. The minimum atomic E-state index is -4.76. The van der Waals surface area contributed by atoms with E-state index in [4.69, 9.17) is 0 Å². The second-order valence-corrected chi connectivity index (χ2v) is 11.1. The lowest BCUT2D eigenvalue weighted by Gasteiger charge is -2.22. The van der Waals surface area contributed by atoms with Crippen LogP contribution in [-0.2, 0) is 22.7 Å². The van der Waals surface area contributed by atoms with Crippen LogP contribution >= 0.6 is 11.3 Å². The number of carbonyl (C=O) groups is 1. The van der Waals surface area contributed by atoms with Gasteiger partial charge < -0.3 is 9.64 Å². The number of nitrogens with zero attached hydrogens (tertiary/aromatic N) is 2. The van der Waals surface area contributed by atoms with Crippen molar-refractivity contribution in [3.05, 3.63) is 76.3 Å². The monoisotopic (exact) mass is 511 g/mol. The van der Waals surface area contributed by atoms with Crippen molar-refractivity contribution in [2.75, 3.05) is 17.7 Å². The second kappa shape index (κ2) is 10.5. The molecule has 0 radical (unpaired) electrons. The minimum Gasteiger partial charge on any atom is -0.406 e. The number of carbonyl (C=O) groups excluding carboxylic acids is 1. The van der Waals surface area contributed by atoms with Crippen molar-refractivity contribution in [2.45, 2.75) is 26.3 Å². The molecule has 0 aliphatic heterocycles. The van der Waals surface area contributed by atoms with Gasteiger partial charge in [-0.1, -0.05) is 42.5 Å². The Morgan fingerprint density at radius 3 is 2.50 bits per heavy atom. The Morgan fingerprint density at radius 1 is 1.18 bits per heavy atom. The fourth-order valence-corrected chi connectivity index (χ4v) is 4.60. The molecule has 0 bridgehead atoms. The van der Waals surface area contributed by atoms with E-state index in [-0.39, 0.29) is 11.4 Å². The fraction of sp³-hybridized carbons (Fsp3) is 0.261. The molecular formula is C23H24F3N3O3S2. The number of anilines is 1. The van der Waals surface area contributed by atoms with Crippen LogP contribution < -0.4 is 14.4 Å². The molecule has 2 aromatic carbocycles. The van der Waals surface area contributed by atoms with Crippen LogP contribution in [0.25, 0.3) is 0 Å². The van der Waals surface area contributed by atoms with E-state index in [0.29, 0.717) is 35.1 Å². The highest BCUT2D eigenvalue weighted by Gasteiger charge is 2.31. The van der Waals surface area contributed by atoms with E-state index >= 15 is 0 Å². The zero-order chi connectivity index (χ0) is 24.9. The summed E-state index contributed by atoms with van der Waals surface area (Å²) in [6.45, 7) is 2.65. The molecule has 1 unspecified atom stereocenters. The number of benzene rings is 2. The molecule has 3 aromatic rings. The molecule has 11 heteroatoms. The first kappa shape index (κ1) is 25.6. The fourth-order valence-electron chi connectivity index (χ4n) is 3.18. The SMILES string of the molecule is C=S(C)(=O)NC(=O)c1nc(N(CCc2cccc(OC(F)(F)F)c2)Cc2ccccc2)sc1C. The predicted octanol–water partition coefficient (Wildman–Crippen LogP) is 4.59. The van der Waals surface area contributed by atoms with Gasteiger partial charge in [0.05, 0.1) is 0 Å². The van der Waals surface area contributed by atoms with Gasteiger partial charge in [-0.2, -0.15) is 0 Å². The standard InChI is InChI=1S/C23H24F3N3O3S2/c1-16-20(21(30)28-34(2,3)31)27-22(33-16)29(15-18-8-5-4-6-9-18)13-12-17-10-7-11-19(14-17)32-23(24,25)26/h4-11,14H,2,12-13,15H2,1,3H3,(H,28,30,31). The van der Waals surface area contributed by atoms with E-state index in [9.17, 15) is 22.2 Å².